The van der Waals surface area contributed by atoms with Crippen molar-refractivity contribution < 1.29 is 27.5 Å². The molecule has 1 aliphatic heterocycles. The van der Waals surface area contributed by atoms with Crippen LogP contribution in [0.25, 0.3) is 11.1 Å². The Morgan fingerprint density at radius 2 is 1.49 bits per heavy atom. The summed E-state index contributed by atoms with van der Waals surface area (Å²) in [6.45, 7) is 3.61. The van der Waals surface area contributed by atoms with Crippen LogP contribution in [-0.4, -0.2) is 46.4 Å². The lowest BCUT2D eigenvalue weighted by Crippen LogP contribution is -2.52. The molecule has 35 heavy (non-hydrogen) atoms. The van der Waals surface area contributed by atoms with Crippen LogP contribution in [0.4, 0.5) is 16.2 Å². The summed E-state index contributed by atoms with van der Waals surface area (Å²) >= 11 is 0. The Morgan fingerprint density at radius 1 is 0.886 bits per heavy atom. The number of ether oxygens (including phenoxy) is 2. The van der Waals surface area contributed by atoms with Gasteiger partial charge in [0.1, 0.15) is 11.5 Å². The normalized spacial score (nSPS) is 15.4. The lowest BCUT2D eigenvalue weighted by atomic mass is 10.0. The molecule has 0 saturated heterocycles. The second kappa shape index (κ2) is 9.42. The molecule has 4 rings (SSSR count). The molecule has 9 heteroatoms. The molecule has 8 nitrogen and oxygen atoms in total. The third kappa shape index (κ3) is 5.00. The summed E-state index contributed by atoms with van der Waals surface area (Å²) in [5, 5.41) is 0. The van der Waals surface area contributed by atoms with Crippen molar-refractivity contribution >= 4 is 33.2 Å². The first kappa shape index (κ1) is 24.3. The lowest BCUT2D eigenvalue weighted by molar-refractivity contribution is -0.117. The summed E-state index contributed by atoms with van der Waals surface area (Å²) in [6, 6.07) is 18.4. The number of fused-ring (bicyclic) bond motifs is 1. The minimum Gasteiger partial charge on any atom is -0.497 e. The topological polar surface area (TPSA) is 93.2 Å². The molecule has 0 aliphatic carbocycles. The fourth-order valence-electron chi connectivity index (χ4n) is 4.15. The number of rotatable bonds is 4. The number of carbonyl (C=O) groups excluding carboxylic acids is 2. The van der Waals surface area contributed by atoms with Gasteiger partial charge in [0.2, 0.25) is 5.91 Å². The summed E-state index contributed by atoms with van der Waals surface area (Å²) in [5.74, 6) is 0.879. The highest BCUT2D eigenvalue weighted by molar-refractivity contribution is 7.90. The highest BCUT2D eigenvalue weighted by Gasteiger charge is 2.34. The predicted octanol–water partition coefficient (Wildman–Crippen LogP) is 4.53. The van der Waals surface area contributed by atoms with Crippen molar-refractivity contribution in [2.75, 3.05) is 29.7 Å². The molecule has 2 amide bonds. The maximum atomic E-state index is 13.2. The summed E-state index contributed by atoms with van der Waals surface area (Å²) in [6.07, 6.45) is 0.584. The standard InChI is InChI=1S/C26H26N2O6S/c1-17-16-27(26(30)34-22-10-8-21(33-3)9-11-22)25-15-20(7-14-24(25)28(17)18(2)29)19-5-12-23(13-6-19)35(4,31)32/h5-15,17H,16H2,1-4H3/t17-/m0/s1. The van der Waals surface area contributed by atoms with E-state index < -0.39 is 15.9 Å². The lowest BCUT2D eigenvalue weighted by Gasteiger charge is -2.40. The summed E-state index contributed by atoms with van der Waals surface area (Å²) < 4.78 is 34.4. The van der Waals surface area contributed by atoms with E-state index in [0.29, 0.717) is 22.9 Å². The Labute approximate surface area is 204 Å². The molecule has 0 aromatic heterocycles. The molecule has 1 atom stereocenters. The summed E-state index contributed by atoms with van der Waals surface area (Å²) in [7, 11) is -1.76. The van der Waals surface area contributed by atoms with Crippen LogP contribution in [0, 0.1) is 0 Å². The van der Waals surface area contributed by atoms with Gasteiger partial charge in [-0.05, 0) is 66.6 Å². The van der Waals surface area contributed by atoms with Crippen molar-refractivity contribution in [1.29, 1.82) is 0 Å². The zero-order valence-electron chi connectivity index (χ0n) is 19.9. The number of carbonyl (C=O) groups is 2. The van der Waals surface area contributed by atoms with Crippen molar-refractivity contribution in [3.63, 3.8) is 0 Å². The number of sulfone groups is 1. The molecule has 0 fully saturated rings. The average molecular weight is 495 g/mol. The Balaban J connectivity index is 1.72. The number of hydrogen-bond donors (Lipinski definition) is 0. The van der Waals surface area contributed by atoms with E-state index in [1.54, 1.807) is 66.6 Å². The first-order valence-electron chi connectivity index (χ1n) is 11.0. The fraction of sp³-hybridized carbons (Fsp3) is 0.231. The number of benzene rings is 3. The van der Waals surface area contributed by atoms with Crippen LogP contribution in [0.2, 0.25) is 0 Å². The third-order valence-electron chi connectivity index (χ3n) is 5.85. The van der Waals surface area contributed by atoms with E-state index in [0.717, 1.165) is 17.4 Å². The fourth-order valence-corrected chi connectivity index (χ4v) is 4.78. The molecule has 1 aliphatic rings. The smallest absolute Gasteiger partial charge is 0.419 e. The van der Waals surface area contributed by atoms with Crippen LogP contribution in [0.5, 0.6) is 11.5 Å². The monoisotopic (exact) mass is 494 g/mol. The molecule has 0 radical (unpaired) electrons. The van der Waals surface area contributed by atoms with E-state index in [-0.39, 0.29) is 23.4 Å². The number of methoxy groups -OCH3 is 1. The van der Waals surface area contributed by atoms with E-state index in [4.69, 9.17) is 9.47 Å². The van der Waals surface area contributed by atoms with E-state index in [2.05, 4.69) is 0 Å². The zero-order valence-corrected chi connectivity index (χ0v) is 20.7. The van der Waals surface area contributed by atoms with Crippen LogP contribution in [0.1, 0.15) is 13.8 Å². The zero-order chi connectivity index (χ0) is 25.3. The largest absolute Gasteiger partial charge is 0.497 e. The van der Waals surface area contributed by atoms with E-state index >= 15 is 0 Å². The predicted molar refractivity (Wildman–Crippen MR) is 134 cm³/mol. The van der Waals surface area contributed by atoms with Gasteiger partial charge in [-0.1, -0.05) is 18.2 Å². The molecule has 3 aromatic rings. The van der Waals surface area contributed by atoms with Gasteiger partial charge in [0.05, 0.1) is 29.4 Å². The number of hydrogen-bond acceptors (Lipinski definition) is 6. The second-order valence-electron chi connectivity index (χ2n) is 8.39. The average Bonchev–Trinajstić information content (AvgIpc) is 2.83. The van der Waals surface area contributed by atoms with E-state index in [1.165, 1.54) is 11.8 Å². The Hall–Kier alpha value is -3.85. The Morgan fingerprint density at radius 3 is 2.06 bits per heavy atom. The van der Waals surface area contributed by atoms with Gasteiger partial charge in [-0.15, -0.1) is 0 Å². The van der Waals surface area contributed by atoms with Crippen LogP contribution < -0.4 is 19.3 Å². The minimum absolute atomic E-state index is 0.132. The number of amides is 2. The SMILES string of the molecule is COc1ccc(OC(=O)N2C[C@H](C)N(C(C)=O)c3ccc(-c4ccc(S(C)(=O)=O)cc4)cc32)cc1. The van der Waals surface area contributed by atoms with Crippen LogP contribution in [-0.2, 0) is 14.6 Å². The molecule has 182 valence electrons. The van der Waals surface area contributed by atoms with Crippen molar-refractivity contribution in [3.05, 3.63) is 66.7 Å². The van der Waals surface area contributed by atoms with Crippen LogP contribution in [0.3, 0.4) is 0 Å². The quantitative estimate of drug-likeness (QED) is 0.529. The molecule has 0 bridgehead atoms. The maximum Gasteiger partial charge on any atom is 0.419 e. The Bertz CT molecular complexity index is 1370. The van der Waals surface area contributed by atoms with Gasteiger partial charge >= 0.3 is 6.09 Å². The van der Waals surface area contributed by atoms with Gasteiger partial charge in [0.15, 0.2) is 9.84 Å². The summed E-state index contributed by atoms with van der Waals surface area (Å²) in [5.41, 5.74) is 2.67. The molecule has 3 aromatic carbocycles. The van der Waals surface area contributed by atoms with Crippen LogP contribution >= 0.6 is 0 Å². The van der Waals surface area contributed by atoms with Gasteiger partial charge in [-0.3, -0.25) is 9.69 Å². The Kier molecular flexibility index (Phi) is 6.53. The third-order valence-corrected chi connectivity index (χ3v) is 6.98. The molecular formula is C26H26N2O6S. The highest BCUT2D eigenvalue weighted by Crippen LogP contribution is 2.39. The van der Waals surface area contributed by atoms with E-state index in [1.807, 2.05) is 19.1 Å². The van der Waals surface area contributed by atoms with Crippen LogP contribution in [0.15, 0.2) is 71.6 Å². The highest BCUT2D eigenvalue weighted by atomic mass is 32.2. The van der Waals surface area contributed by atoms with Crippen molar-refractivity contribution in [2.45, 2.75) is 24.8 Å². The molecule has 0 N–H and O–H groups in total. The van der Waals surface area contributed by atoms with Gasteiger partial charge in [-0.2, -0.15) is 0 Å². The van der Waals surface area contributed by atoms with E-state index in [9.17, 15) is 18.0 Å². The molecule has 1 heterocycles. The molecule has 0 unspecified atom stereocenters. The second-order valence-corrected chi connectivity index (χ2v) is 10.4. The maximum absolute atomic E-state index is 13.2. The van der Waals surface area contributed by atoms with Gasteiger partial charge in [-0.25, -0.2) is 13.2 Å². The van der Waals surface area contributed by atoms with Crippen molar-refractivity contribution in [1.82, 2.24) is 0 Å². The van der Waals surface area contributed by atoms with Gasteiger partial charge in [0, 0.05) is 19.7 Å². The minimum atomic E-state index is -3.31. The molecule has 0 saturated carbocycles. The molecule has 0 spiro atoms. The first-order valence-corrected chi connectivity index (χ1v) is 12.9. The summed E-state index contributed by atoms with van der Waals surface area (Å²) in [4.78, 5) is 29.0. The van der Waals surface area contributed by atoms with Gasteiger partial charge < -0.3 is 14.4 Å². The number of nitrogens with zero attached hydrogens (tertiary/aromatic N) is 2. The molecular weight excluding hydrogens is 468 g/mol. The van der Waals surface area contributed by atoms with Gasteiger partial charge in [0.25, 0.3) is 0 Å². The van der Waals surface area contributed by atoms with Crippen molar-refractivity contribution in [3.8, 4) is 22.6 Å². The number of anilines is 2. The first-order chi connectivity index (χ1) is 16.6. The van der Waals surface area contributed by atoms with Crippen molar-refractivity contribution in [2.24, 2.45) is 0 Å².